The molecule has 8 heteroatoms. The van der Waals surface area contributed by atoms with Crippen LogP contribution in [0.3, 0.4) is 0 Å². The summed E-state index contributed by atoms with van der Waals surface area (Å²) in [5, 5.41) is 24.9. The Morgan fingerprint density at radius 1 is 1.43 bits per heavy atom. The van der Waals surface area contributed by atoms with Crippen LogP contribution >= 0.6 is 0 Å². The van der Waals surface area contributed by atoms with E-state index >= 15 is 0 Å². The zero-order chi connectivity index (χ0) is 16.4. The fourth-order valence-corrected chi connectivity index (χ4v) is 2.86. The molecular formula is C15H19N3O5. The van der Waals surface area contributed by atoms with Crippen LogP contribution in [0.1, 0.15) is 31.4 Å². The van der Waals surface area contributed by atoms with Gasteiger partial charge in [-0.05, 0) is 37.8 Å². The summed E-state index contributed by atoms with van der Waals surface area (Å²) in [6, 6.07) is 3.72. The van der Waals surface area contributed by atoms with E-state index in [9.17, 15) is 14.7 Å². The lowest BCUT2D eigenvalue weighted by atomic mass is 9.82. The van der Waals surface area contributed by atoms with E-state index in [0.717, 1.165) is 5.69 Å². The fourth-order valence-electron chi connectivity index (χ4n) is 2.86. The largest absolute Gasteiger partial charge is 0.480 e. The number of aliphatic hydroxyl groups is 1. The van der Waals surface area contributed by atoms with E-state index in [-0.39, 0.29) is 31.4 Å². The van der Waals surface area contributed by atoms with Gasteiger partial charge in [0.15, 0.2) is 23.8 Å². The van der Waals surface area contributed by atoms with Gasteiger partial charge in [-0.3, -0.25) is 4.79 Å². The number of hydrogen-bond donors (Lipinski definition) is 4. The van der Waals surface area contributed by atoms with E-state index in [1.54, 1.807) is 6.07 Å². The molecule has 124 valence electrons. The average molecular weight is 321 g/mol. The molecule has 0 aromatic carbocycles. The zero-order valence-electron chi connectivity index (χ0n) is 12.5. The molecule has 1 fully saturated rings. The summed E-state index contributed by atoms with van der Waals surface area (Å²) in [5.74, 6) is -0.402. The third-order valence-corrected chi connectivity index (χ3v) is 4.32. The van der Waals surface area contributed by atoms with Crippen molar-refractivity contribution in [3.8, 4) is 5.75 Å². The molecule has 0 unspecified atom stereocenters. The van der Waals surface area contributed by atoms with Gasteiger partial charge in [0.2, 0.25) is 0 Å². The molecule has 1 aliphatic heterocycles. The Labute approximate surface area is 132 Å². The number of anilines is 1. The van der Waals surface area contributed by atoms with Gasteiger partial charge in [-0.2, -0.15) is 0 Å². The van der Waals surface area contributed by atoms with Crippen LogP contribution in [-0.4, -0.2) is 45.3 Å². The quantitative estimate of drug-likeness (QED) is 0.627. The highest BCUT2D eigenvalue weighted by Crippen LogP contribution is 2.29. The second-order valence-electron chi connectivity index (χ2n) is 5.98. The minimum Gasteiger partial charge on any atom is -0.480 e. The van der Waals surface area contributed by atoms with Crippen LogP contribution in [0.5, 0.6) is 5.75 Å². The van der Waals surface area contributed by atoms with Gasteiger partial charge in [0.05, 0.1) is 5.69 Å². The molecule has 0 saturated heterocycles. The average Bonchev–Trinajstić information content (AvgIpc) is 2.54. The first-order valence-electron chi connectivity index (χ1n) is 7.58. The maximum atomic E-state index is 11.3. The van der Waals surface area contributed by atoms with Gasteiger partial charge >= 0.3 is 5.97 Å². The Morgan fingerprint density at radius 2 is 2.17 bits per heavy atom. The summed E-state index contributed by atoms with van der Waals surface area (Å²) in [6.07, 6.45) is 1.66. The number of amides is 1. The molecule has 0 atom stereocenters. The Kier molecular flexibility index (Phi) is 4.18. The van der Waals surface area contributed by atoms with Crippen molar-refractivity contribution in [3.63, 3.8) is 0 Å². The van der Waals surface area contributed by atoms with E-state index < -0.39 is 11.6 Å². The van der Waals surface area contributed by atoms with Gasteiger partial charge in [-0.25, -0.2) is 9.78 Å². The molecular weight excluding hydrogens is 302 g/mol. The molecule has 0 radical (unpaired) electrons. The standard InChI is InChI=1S/C15H19N3O5/c19-12-8-23-11-2-1-10(17-13(11)18-12)7-16-9-3-5-15(22,6-4-9)14(20)21/h1-2,9,16,22H,3-8H2,(H,20,21)(H,17,18,19). The van der Waals surface area contributed by atoms with Crippen molar-refractivity contribution in [2.24, 2.45) is 0 Å². The molecule has 0 bridgehead atoms. The van der Waals surface area contributed by atoms with Gasteiger partial charge in [-0.1, -0.05) is 0 Å². The molecule has 1 aromatic heterocycles. The van der Waals surface area contributed by atoms with E-state index in [1.165, 1.54) is 0 Å². The number of rotatable bonds is 4. The van der Waals surface area contributed by atoms with Gasteiger partial charge < -0.3 is 25.6 Å². The smallest absolute Gasteiger partial charge is 0.335 e. The van der Waals surface area contributed by atoms with Crippen LogP contribution in [0.2, 0.25) is 0 Å². The summed E-state index contributed by atoms with van der Waals surface area (Å²) >= 11 is 0. The van der Waals surface area contributed by atoms with Gasteiger partial charge in [0, 0.05) is 12.6 Å². The first kappa shape index (κ1) is 15.7. The Morgan fingerprint density at radius 3 is 2.87 bits per heavy atom. The lowest BCUT2D eigenvalue weighted by molar-refractivity contribution is -0.162. The van der Waals surface area contributed by atoms with Crippen LogP contribution in [-0.2, 0) is 16.1 Å². The molecule has 1 amide bonds. The summed E-state index contributed by atoms with van der Waals surface area (Å²) in [5.41, 5.74) is -0.835. The number of carboxylic acids is 1. The van der Waals surface area contributed by atoms with Crippen LogP contribution in [0.4, 0.5) is 5.82 Å². The second kappa shape index (κ2) is 6.13. The molecule has 3 rings (SSSR count). The lowest BCUT2D eigenvalue weighted by Crippen LogP contribution is -2.46. The molecule has 2 heterocycles. The lowest BCUT2D eigenvalue weighted by Gasteiger charge is -2.33. The maximum absolute atomic E-state index is 11.3. The maximum Gasteiger partial charge on any atom is 0.335 e. The number of ether oxygens (including phenoxy) is 1. The Bertz CT molecular complexity index is 626. The third kappa shape index (κ3) is 3.43. The molecule has 1 saturated carbocycles. The number of aliphatic carboxylic acids is 1. The summed E-state index contributed by atoms with van der Waals surface area (Å²) in [6.45, 7) is 0.500. The first-order valence-corrected chi connectivity index (χ1v) is 7.58. The number of carbonyl (C=O) groups is 2. The molecule has 2 aliphatic rings. The van der Waals surface area contributed by atoms with E-state index in [4.69, 9.17) is 9.84 Å². The third-order valence-electron chi connectivity index (χ3n) is 4.32. The Balaban J connectivity index is 1.55. The van der Waals surface area contributed by atoms with Crippen LogP contribution in [0.15, 0.2) is 12.1 Å². The molecule has 8 nitrogen and oxygen atoms in total. The number of hydrogen-bond acceptors (Lipinski definition) is 6. The predicted octanol–water partition coefficient (Wildman–Crippen LogP) is 0.260. The molecule has 1 aliphatic carbocycles. The number of carboxylic acid groups (broad SMARTS) is 1. The predicted molar refractivity (Wildman–Crippen MR) is 80.0 cm³/mol. The molecule has 1 aromatic rings. The van der Waals surface area contributed by atoms with Crippen molar-refractivity contribution in [1.29, 1.82) is 0 Å². The molecule has 23 heavy (non-hydrogen) atoms. The van der Waals surface area contributed by atoms with Crippen molar-refractivity contribution < 1.29 is 24.5 Å². The van der Waals surface area contributed by atoms with Crippen molar-refractivity contribution in [2.75, 3.05) is 11.9 Å². The SMILES string of the molecule is O=C1COc2ccc(CNC3CCC(O)(C(=O)O)CC3)nc2N1. The number of carbonyl (C=O) groups excluding carboxylic acids is 1. The van der Waals surface area contributed by atoms with Crippen molar-refractivity contribution >= 4 is 17.7 Å². The number of pyridine rings is 1. The van der Waals surface area contributed by atoms with Crippen molar-refractivity contribution in [1.82, 2.24) is 10.3 Å². The van der Waals surface area contributed by atoms with E-state index in [2.05, 4.69) is 15.6 Å². The second-order valence-corrected chi connectivity index (χ2v) is 5.98. The number of aromatic nitrogens is 1. The summed E-state index contributed by atoms with van der Waals surface area (Å²) < 4.78 is 5.25. The van der Waals surface area contributed by atoms with Crippen LogP contribution in [0.25, 0.3) is 0 Å². The van der Waals surface area contributed by atoms with Crippen LogP contribution < -0.4 is 15.4 Å². The van der Waals surface area contributed by atoms with Crippen molar-refractivity contribution in [3.05, 3.63) is 17.8 Å². The number of fused-ring (bicyclic) bond motifs is 1. The van der Waals surface area contributed by atoms with E-state index in [0.29, 0.717) is 31.0 Å². The van der Waals surface area contributed by atoms with Gasteiger partial charge in [0.25, 0.3) is 5.91 Å². The fraction of sp³-hybridized carbons (Fsp3) is 0.533. The van der Waals surface area contributed by atoms with E-state index in [1.807, 2.05) is 6.07 Å². The minimum absolute atomic E-state index is 0.000831. The van der Waals surface area contributed by atoms with Crippen LogP contribution in [0, 0.1) is 0 Å². The summed E-state index contributed by atoms with van der Waals surface area (Å²) in [4.78, 5) is 26.6. The first-order chi connectivity index (χ1) is 11.0. The topological polar surface area (TPSA) is 121 Å². The highest BCUT2D eigenvalue weighted by atomic mass is 16.5. The number of nitrogens with one attached hydrogen (secondary N) is 2. The van der Waals surface area contributed by atoms with Gasteiger partial charge in [0.1, 0.15) is 0 Å². The summed E-state index contributed by atoms with van der Waals surface area (Å²) in [7, 11) is 0. The van der Waals surface area contributed by atoms with Crippen molar-refractivity contribution in [2.45, 2.75) is 43.9 Å². The zero-order valence-corrected chi connectivity index (χ0v) is 12.5. The van der Waals surface area contributed by atoms with Gasteiger partial charge in [-0.15, -0.1) is 0 Å². The molecule has 0 spiro atoms. The normalized spacial score (nSPS) is 26.8. The molecule has 4 N–H and O–H groups in total. The monoisotopic (exact) mass is 321 g/mol. The Hall–Kier alpha value is -2.19. The minimum atomic E-state index is -1.59. The number of nitrogens with zero attached hydrogens (tertiary/aromatic N) is 1. The highest BCUT2D eigenvalue weighted by Gasteiger charge is 2.39. The highest BCUT2D eigenvalue weighted by molar-refractivity contribution is 5.94.